The number of methoxy groups -OCH3 is 1. The van der Waals surface area contributed by atoms with Gasteiger partial charge in [0.05, 0.1) is 23.7 Å². The highest BCUT2D eigenvalue weighted by molar-refractivity contribution is 7.13. The molecule has 0 bridgehead atoms. The molecule has 0 saturated carbocycles. The first-order valence-corrected chi connectivity index (χ1v) is 8.82. The van der Waals surface area contributed by atoms with Gasteiger partial charge in [0.1, 0.15) is 23.2 Å². The molecule has 0 unspecified atom stereocenters. The second-order valence-electron chi connectivity index (χ2n) is 5.51. The van der Waals surface area contributed by atoms with Crippen molar-refractivity contribution in [3.05, 3.63) is 65.4 Å². The Morgan fingerprint density at radius 1 is 1.12 bits per heavy atom. The highest BCUT2D eigenvalue weighted by atomic mass is 32.1. The van der Waals surface area contributed by atoms with Crippen molar-refractivity contribution in [2.45, 2.75) is 6.61 Å². The zero-order chi connectivity index (χ0) is 17.9. The largest absolute Gasteiger partial charge is 0.496 e. The van der Waals surface area contributed by atoms with Crippen LogP contribution in [-0.2, 0) is 11.3 Å². The van der Waals surface area contributed by atoms with Crippen molar-refractivity contribution in [2.24, 2.45) is 0 Å². The van der Waals surface area contributed by atoms with E-state index in [0.29, 0.717) is 16.6 Å². The second kappa shape index (κ2) is 6.97. The molecule has 0 aliphatic carbocycles. The summed E-state index contributed by atoms with van der Waals surface area (Å²) in [7, 11) is 1.61. The topological polar surface area (TPSA) is 77.1 Å². The van der Waals surface area contributed by atoms with Crippen LogP contribution in [0, 0.1) is 0 Å². The van der Waals surface area contributed by atoms with Gasteiger partial charge >= 0.3 is 5.97 Å². The van der Waals surface area contributed by atoms with Gasteiger partial charge in [-0.3, -0.25) is 0 Å². The number of hydrogen-bond acceptors (Lipinski definition) is 6. The number of thiazole rings is 1. The molecular weight excluding hydrogens is 350 g/mol. The summed E-state index contributed by atoms with van der Waals surface area (Å²) in [6, 6.07) is 15.2. The average molecular weight is 365 g/mol. The molecule has 0 spiro atoms. The number of rotatable bonds is 5. The monoisotopic (exact) mass is 365 g/mol. The Balaban J connectivity index is 1.48. The molecule has 0 radical (unpaired) electrons. The van der Waals surface area contributed by atoms with Gasteiger partial charge in [-0.1, -0.05) is 24.3 Å². The summed E-state index contributed by atoms with van der Waals surface area (Å²) in [5.41, 5.74) is 2.86. The van der Waals surface area contributed by atoms with Gasteiger partial charge in [0.25, 0.3) is 0 Å². The minimum atomic E-state index is -0.483. The molecule has 0 saturated heterocycles. The molecule has 130 valence electrons. The summed E-state index contributed by atoms with van der Waals surface area (Å²) in [4.78, 5) is 24.2. The maximum absolute atomic E-state index is 12.3. The fourth-order valence-corrected chi connectivity index (χ4v) is 3.41. The number of fused-ring (bicyclic) bond motifs is 1. The third-order valence-electron chi connectivity index (χ3n) is 3.83. The van der Waals surface area contributed by atoms with Gasteiger partial charge in [0.15, 0.2) is 5.69 Å². The van der Waals surface area contributed by atoms with Crippen LogP contribution in [0.5, 0.6) is 5.75 Å². The Morgan fingerprint density at radius 2 is 1.92 bits per heavy atom. The van der Waals surface area contributed by atoms with E-state index in [2.05, 4.69) is 15.0 Å². The molecule has 0 aliphatic rings. The van der Waals surface area contributed by atoms with Crippen LogP contribution in [-0.4, -0.2) is 28.0 Å². The van der Waals surface area contributed by atoms with Gasteiger partial charge in [-0.2, -0.15) is 0 Å². The maximum Gasteiger partial charge on any atom is 0.358 e. The molecule has 1 N–H and O–H groups in total. The third kappa shape index (κ3) is 3.16. The first-order valence-electron chi connectivity index (χ1n) is 7.94. The van der Waals surface area contributed by atoms with Crippen molar-refractivity contribution in [3.8, 4) is 16.3 Å². The van der Waals surface area contributed by atoms with E-state index in [0.717, 1.165) is 16.6 Å². The summed E-state index contributed by atoms with van der Waals surface area (Å²) < 4.78 is 10.7. The number of carbonyl (C=O) groups excluding carboxylic acids is 1. The van der Waals surface area contributed by atoms with E-state index in [1.807, 2.05) is 48.5 Å². The average Bonchev–Trinajstić information content (AvgIpc) is 3.33. The van der Waals surface area contributed by atoms with E-state index in [-0.39, 0.29) is 12.3 Å². The number of nitrogens with zero attached hydrogens (tertiary/aromatic N) is 2. The number of hydrogen-bond donors (Lipinski definition) is 1. The van der Waals surface area contributed by atoms with Crippen molar-refractivity contribution in [2.75, 3.05) is 7.11 Å². The standard InChI is InChI=1S/C19H15N3O3S/c1-24-16-9-5-2-6-12(16)18-22-15(11-26-18)19(23)25-10-17-20-13-7-3-4-8-14(13)21-17/h2-9,11H,10H2,1H3,(H,20,21). The summed E-state index contributed by atoms with van der Waals surface area (Å²) in [6.45, 7) is 0.0645. The Kier molecular flexibility index (Phi) is 4.37. The number of ether oxygens (including phenoxy) is 2. The van der Waals surface area contributed by atoms with E-state index < -0.39 is 5.97 Å². The van der Waals surface area contributed by atoms with E-state index >= 15 is 0 Å². The molecule has 0 amide bonds. The molecule has 26 heavy (non-hydrogen) atoms. The van der Waals surface area contributed by atoms with Gasteiger partial charge in [0.2, 0.25) is 0 Å². The summed E-state index contributed by atoms with van der Waals surface area (Å²) >= 11 is 1.37. The van der Waals surface area contributed by atoms with Crippen LogP contribution < -0.4 is 4.74 Å². The highest BCUT2D eigenvalue weighted by Crippen LogP contribution is 2.32. The third-order valence-corrected chi connectivity index (χ3v) is 4.70. The van der Waals surface area contributed by atoms with Gasteiger partial charge < -0.3 is 14.5 Å². The molecule has 0 fully saturated rings. The predicted octanol–water partition coefficient (Wildman–Crippen LogP) is 4.05. The Bertz CT molecular complexity index is 1040. The van der Waals surface area contributed by atoms with Crippen LogP contribution in [0.2, 0.25) is 0 Å². The van der Waals surface area contributed by atoms with Crippen molar-refractivity contribution < 1.29 is 14.3 Å². The first kappa shape index (κ1) is 16.3. The Labute approximate surface area is 153 Å². The van der Waals surface area contributed by atoms with Crippen LogP contribution in [0.1, 0.15) is 16.3 Å². The number of carbonyl (C=O) groups is 1. The fourth-order valence-electron chi connectivity index (χ4n) is 2.59. The molecule has 6 nitrogen and oxygen atoms in total. The fraction of sp³-hybridized carbons (Fsp3) is 0.105. The quantitative estimate of drug-likeness (QED) is 0.540. The predicted molar refractivity (Wildman–Crippen MR) is 99.3 cm³/mol. The minimum absolute atomic E-state index is 0.0645. The van der Waals surface area contributed by atoms with E-state index in [4.69, 9.17) is 9.47 Å². The molecule has 2 heterocycles. The number of para-hydroxylation sites is 3. The summed E-state index contributed by atoms with van der Waals surface area (Å²) in [5, 5.41) is 2.39. The van der Waals surface area contributed by atoms with Crippen LogP contribution in [0.4, 0.5) is 0 Å². The lowest BCUT2D eigenvalue weighted by Gasteiger charge is -2.04. The van der Waals surface area contributed by atoms with E-state index in [9.17, 15) is 4.79 Å². The summed E-state index contributed by atoms with van der Waals surface area (Å²) in [5.74, 6) is 0.826. The molecule has 4 aromatic rings. The first-order chi connectivity index (χ1) is 12.7. The van der Waals surface area contributed by atoms with Crippen LogP contribution >= 0.6 is 11.3 Å². The van der Waals surface area contributed by atoms with E-state index in [1.165, 1.54) is 11.3 Å². The van der Waals surface area contributed by atoms with Crippen LogP contribution in [0.15, 0.2) is 53.9 Å². The number of esters is 1. The lowest BCUT2D eigenvalue weighted by Crippen LogP contribution is -2.06. The van der Waals surface area contributed by atoms with Crippen LogP contribution in [0.3, 0.4) is 0 Å². The van der Waals surface area contributed by atoms with Gasteiger partial charge in [0, 0.05) is 5.38 Å². The van der Waals surface area contributed by atoms with Crippen molar-refractivity contribution in [3.63, 3.8) is 0 Å². The number of H-pyrrole nitrogens is 1. The molecular formula is C19H15N3O3S. The molecule has 7 heteroatoms. The number of benzene rings is 2. The minimum Gasteiger partial charge on any atom is -0.496 e. The smallest absolute Gasteiger partial charge is 0.358 e. The highest BCUT2D eigenvalue weighted by Gasteiger charge is 2.16. The molecule has 2 aromatic carbocycles. The molecule has 4 rings (SSSR count). The van der Waals surface area contributed by atoms with Gasteiger partial charge in [-0.15, -0.1) is 11.3 Å². The normalized spacial score (nSPS) is 10.8. The Morgan fingerprint density at radius 3 is 2.77 bits per heavy atom. The zero-order valence-electron chi connectivity index (χ0n) is 13.9. The van der Waals surface area contributed by atoms with Crippen molar-refractivity contribution >= 4 is 28.3 Å². The number of nitrogens with one attached hydrogen (secondary N) is 1. The zero-order valence-corrected chi connectivity index (χ0v) is 14.7. The van der Waals surface area contributed by atoms with E-state index in [1.54, 1.807) is 12.5 Å². The summed E-state index contributed by atoms with van der Waals surface area (Å²) in [6.07, 6.45) is 0. The number of imidazole rings is 1. The van der Waals surface area contributed by atoms with Gasteiger partial charge in [-0.05, 0) is 24.3 Å². The van der Waals surface area contributed by atoms with Crippen molar-refractivity contribution in [1.82, 2.24) is 15.0 Å². The lowest BCUT2D eigenvalue weighted by molar-refractivity contribution is 0.0457. The van der Waals surface area contributed by atoms with Gasteiger partial charge in [-0.25, -0.2) is 14.8 Å². The number of aromatic amines is 1. The Hall–Kier alpha value is -3.19. The molecule has 2 aromatic heterocycles. The maximum atomic E-state index is 12.3. The molecule has 0 aliphatic heterocycles. The second-order valence-corrected chi connectivity index (χ2v) is 6.37. The number of aromatic nitrogens is 3. The lowest BCUT2D eigenvalue weighted by atomic mass is 10.2. The molecule has 0 atom stereocenters. The van der Waals surface area contributed by atoms with Crippen molar-refractivity contribution in [1.29, 1.82) is 0 Å². The SMILES string of the molecule is COc1ccccc1-c1nc(C(=O)OCc2nc3ccccc3[nH]2)cs1. The van der Waals surface area contributed by atoms with Crippen LogP contribution in [0.25, 0.3) is 21.6 Å².